The van der Waals surface area contributed by atoms with Crippen molar-refractivity contribution in [3.05, 3.63) is 60.7 Å². The molecule has 1 aliphatic heterocycles. The molecule has 1 unspecified atom stereocenters. The van der Waals surface area contributed by atoms with E-state index in [0.717, 1.165) is 17.1 Å². The lowest BCUT2D eigenvalue weighted by Crippen LogP contribution is -2.29. The van der Waals surface area contributed by atoms with Crippen molar-refractivity contribution in [2.45, 2.75) is 13.0 Å². The summed E-state index contributed by atoms with van der Waals surface area (Å²) in [7, 11) is 0. The first-order valence-corrected chi connectivity index (χ1v) is 8.74. The van der Waals surface area contributed by atoms with E-state index in [9.17, 15) is 4.79 Å². The number of benzene rings is 2. The first-order chi connectivity index (χ1) is 12.7. The second-order valence-electron chi connectivity index (χ2n) is 5.61. The fourth-order valence-corrected chi connectivity index (χ4v) is 3.04. The molecule has 0 spiro atoms. The third-order valence-corrected chi connectivity index (χ3v) is 4.40. The third kappa shape index (κ3) is 3.14. The molecule has 0 saturated carbocycles. The molecule has 0 aliphatic carbocycles. The number of hydrogen-bond acceptors (Lipinski definition) is 7. The minimum Gasteiger partial charge on any atom is -0.269 e. The fourth-order valence-electron chi connectivity index (χ4n) is 2.51. The minimum atomic E-state index is -0.737. The Balaban J connectivity index is 1.52. The molecule has 7 nitrogen and oxygen atoms in total. The standard InChI is InChI=1S/C18H14N6OS/c1-12-15(17(25)24(22-12)14-10-6-3-7-11-14)20-21-18-19-16(23-26-18)13-8-4-2-5-9-13/h2-11,15H,1H3. The van der Waals surface area contributed by atoms with Crippen LogP contribution in [-0.2, 0) is 4.79 Å². The van der Waals surface area contributed by atoms with E-state index in [1.807, 2.05) is 60.7 Å². The van der Waals surface area contributed by atoms with Crippen LogP contribution in [0.25, 0.3) is 11.4 Å². The quantitative estimate of drug-likeness (QED) is 0.656. The Hall–Kier alpha value is -3.26. The zero-order valence-electron chi connectivity index (χ0n) is 13.9. The van der Waals surface area contributed by atoms with Crippen LogP contribution < -0.4 is 5.01 Å². The highest BCUT2D eigenvalue weighted by Crippen LogP contribution is 2.25. The highest BCUT2D eigenvalue weighted by molar-refractivity contribution is 7.09. The van der Waals surface area contributed by atoms with E-state index in [2.05, 4.69) is 24.7 Å². The fraction of sp³-hybridized carbons (Fsp3) is 0.111. The Labute approximate surface area is 153 Å². The molecule has 1 amide bonds. The van der Waals surface area contributed by atoms with Crippen LogP contribution in [0.5, 0.6) is 0 Å². The Kier molecular flexibility index (Phi) is 4.32. The van der Waals surface area contributed by atoms with Crippen molar-refractivity contribution >= 4 is 34.0 Å². The molecule has 1 atom stereocenters. The molecule has 0 N–H and O–H groups in total. The summed E-state index contributed by atoms with van der Waals surface area (Å²) in [5, 5.41) is 14.3. The number of rotatable bonds is 4. The van der Waals surface area contributed by atoms with Crippen LogP contribution in [0.2, 0.25) is 0 Å². The van der Waals surface area contributed by atoms with Gasteiger partial charge in [0, 0.05) is 17.1 Å². The van der Waals surface area contributed by atoms with Gasteiger partial charge in [-0.1, -0.05) is 48.5 Å². The third-order valence-electron chi connectivity index (χ3n) is 3.80. The van der Waals surface area contributed by atoms with Gasteiger partial charge in [-0.05, 0) is 19.1 Å². The summed E-state index contributed by atoms with van der Waals surface area (Å²) in [5.41, 5.74) is 2.21. The van der Waals surface area contributed by atoms with E-state index < -0.39 is 6.04 Å². The smallest absolute Gasteiger partial charge is 0.269 e. The van der Waals surface area contributed by atoms with E-state index in [4.69, 9.17) is 0 Å². The maximum atomic E-state index is 12.6. The molecule has 2 heterocycles. The monoisotopic (exact) mass is 362 g/mol. The van der Waals surface area contributed by atoms with Crippen molar-refractivity contribution in [1.29, 1.82) is 0 Å². The van der Waals surface area contributed by atoms with Crippen molar-refractivity contribution < 1.29 is 4.79 Å². The predicted molar refractivity (Wildman–Crippen MR) is 101 cm³/mol. The summed E-state index contributed by atoms with van der Waals surface area (Å²) in [4.78, 5) is 16.9. The van der Waals surface area contributed by atoms with E-state index >= 15 is 0 Å². The summed E-state index contributed by atoms with van der Waals surface area (Å²) >= 11 is 1.14. The number of carbonyl (C=O) groups excluding carboxylic acids is 1. The van der Waals surface area contributed by atoms with Crippen LogP contribution in [0.1, 0.15) is 6.92 Å². The Bertz CT molecular complexity index is 983. The molecule has 0 fully saturated rings. The molecule has 8 heteroatoms. The van der Waals surface area contributed by atoms with Gasteiger partial charge >= 0.3 is 0 Å². The molecule has 128 valence electrons. The van der Waals surface area contributed by atoms with Gasteiger partial charge in [0.15, 0.2) is 11.9 Å². The lowest BCUT2D eigenvalue weighted by molar-refractivity contribution is -0.117. The highest BCUT2D eigenvalue weighted by atomic mass is 32.1. The average Bonchev–Trinajstić information content (AvgIpc) is 3.26. The van der Waals surface area contributed by atoms with Gasteiger partial charge < -0.3 is 0 Å². The zero-order valence-corrected chi connectivity index (χ0v) is 14.7. The largest absolute Gasteiger partial charge is 0.280 e. The van der Waals surface area contributed by atoms with Crippen LogP contribution in [0.4, 0.5) is 10.8 Å². The van der Waals surface area contributed by atoms with Crippen molar-refractivity contribution in [2.75, 3.05) is 5.01 Å². The van der Waals surface area contributed by atoms with Gasteiger partial charge in [-0.2, -0.15) is 24.6 Å². The van der Waals surface area contributed by atoms with Crippen LogP contribution in [0.3, 0.4) is 0 Å². The maximum Gasteiger partial charge on any atom is 0.280 e. The number of carbonyl (C=O) groups is 1. The lowest BCUT2D eigenvalue weighted by atomic mass is 10.2. The number of aromatic nitrogens is 2. The van der Waals surface area contributed by atoms with Crippen LogP contribution in [0, 0.1) is 0 Å². The molecule has 4 rings (SSSR count). The number of azo groups is 1. The van der Waals surface area contributed by atoms with Gasteiger partial charge in [0.2, 0.25) is 5.13 Å². The second kappa shape index (κ2) is 6.93. The first-order valence-electron chi connectivity index (χ1n) is 7.96. The number of amides is 1. The molecule has 0 saturated heterocycles. The van der Waals surface area contributed by atoms with E-state index in [1.54, 1.807) is 6.92 Å². The summed E-state index contributed by atoms with van der Waals surface area (Å²) in [6.07, 6.45) is 0. The SMILES string of the molecule is CC1=NN(c2ccccc2)C(=O)C1N=Nc1nc(-c2ccccc2)ns1. The number of hydrogen-bond donors (Lipinski definition) is 0. The normalized spacial score (nSPS) is 17.1. The van der Waals surface area contributed by atoms with Gasteiger partial charge in [-0.3, -0.25) is 4.79 Å². The summed E-state index contributed by atoms with van der Waals surface area (Å²) in [5.74, 6) is 0.365. The lowest BCUT2D eigenvalue weighted by Gasteiger charge is -2.11. The van der Waals surface area contributed by atoms with Crippen molar-refractivity contribution in [3.63, 3.8) is 0 Å². The predicted octanol–water partition coefficient (Wildman–Crippen LogP) is 4.08. The average molecular weight is 362 g/mol. The molecule has 3 aromatic rings. The first kappa shape index (κ1) is 16.2. The molecule has 2 aromatic carbocycles. The Morgan fingerprint density at radius 2 is 1.73 bits per heavy atom. The topological polar surface area (TPSA) is 83.2 Å². The Morgan fingerprint density at radius 3 is 2.46 bits per heavy atom. The van der Waals surface area contributed by atoms with E-state index in [1.165, 1.54) is 5.01 Å². The van der Waals surface area contributed by atoms with Crippen molar-refractivity contribution in [2.24, 2.45) is 15.3 Å². The molecule has 1 aromatic heterocycles. The van der Waals surface area contributed by atoms with Crippen LogP contribution in [-0.4, -0.2) is 27.0 Å². The van der Waals surface area contributed by atoms with Crippen molar-refractivity contribution in [1.82, 2.24) is 9.36 Å². The molecular weight excluding hydrogens is 348 g/mol. The molecule has 0 radical (unpaired) electrons. The molecule has 26 heavy (non-hydrogen) atoms. The van der Waals surface area contributed by atoms with E-state index in [0.29, 0.717) is 22.4 Å². The van der Waals surface area contributed by atoms with Gasteiger partial charge in [-0.25, -0.2) is 0 Å². The second-order valence-corrected chi connectivity index (χ2v) is 6.34. The molecule has 1 aliphatic rings. The number of nitrogens with zero attached hydrogens (tertiary/aromatic N) is 6. The highest BCUT2D eigenvalue weighted by Gasteiger charge is 2.34. The Morgan fingerprint density at radius 1 is 1.04 bits per heavy atom. The minimum absolute atomic E-state index is 0.231. The van der Waals surface area contributed by atoms with E-state index in [-0.39, 0.29) is 5.91 Å². The maximum absolute atomic E-state index is 12.6. The van der Waals surface area contributed by atoms with Crippen LogP contribution >= 0.6 is 11.5 Å². The summed E-state index contributed by atoms with van der Waals surface area (Å²) in [6.45, 7) is 1.76. The van der Waals surface area contributed by atoms with Crippen LogP contribution in [0.15, 0.2) is 76.0 Å². The van der Waals surface area contributed by atoms with Gasteiger partial charge in [0.05, 0.1) is 11.4 Å². The number of hydrazone groups is 1. The van der Waals surface area contributed by atoms with Gasteiger partial charge in [-0.15, -0.1) is 5.11 Å². The molecular formula is C18H14N6OS. The zero-order chi connectivity index (χ0) is 17.9. The number of anilines is 1. The van der Waals surface area contributed by atoms with Crippen molar-refractivity contribution in [3.8, 4) is 11.4 Å². The van der Waals surface area contributed by atoms with Gasteiger partial charge in [0.25, 0.3) is 5.91 Å². The van der Waals surface area contributed by atoms with Gasteiger partial charge in [0.1, 0.15) is 0 Å². The molecule has 0 bridgehead atoms. The summed E-state index contributed by atoms with van der Waals surface area (Å²) < 4.78 is 4.28. The number of para-hydroxylation sites is 1. The summed E-state index contributed by atoms with van der Waals surface area (Å²) in [6, 6.07) is 18.1.